The third kappa shape index (κ3) is 3.99. The first-order valence-corrected chi connectivity index (χ1v) is 10.6. The van der Waals surface area contributed by atoms with Gasteiger partial charge < -0.3 is 14.2 Å². The SMILES string of the molecule is COC(=O)c1ccc(/C=C2\Oc3c4c(cc(C)c3C2=O)OCN(Cc2ccncc2)C4)cc1. The van der Waals surface area contributed by atoms with Gasteiger partial charge in [0.05, 0.1) is 23.8 Å². The molecule has 0 saturated carbocycles. The third-order valence-electron chi connectivity index (χ3n) is 5.77. The molecule has 0 unspecified atom stereocenters. The zero-order chi connectivity index (χ0) is 22.9. The molecule has 0 spiro atoms. The van der Waals surface area contributed by atoms with Crippen LogP contribution in [0.15, 0.2) is 60.6 Å². The molecular weight excluding hydrogens is 420 g/mol. The van der Waals surface area contributed by atoms with Gasteiger partial charge in [0.1, 0.15) is 18.2 Å². The summed E-state index contributed by atoms with van der Waals surface area (Å²) in [6.07, 6.45) is 5.23. The summed E-state index contributed by atoms with van der Waals surface area (Å²) in [5.41, 5.74) is 4.59. The number of aryl methyl sites for hydroxylation is 1. The predicted octanol–water partition coefficient (Wildman–Crippen LogP) is 4.14. The molecular formula is C26H22N2O5. The van der Waals surface area contributed by atoms with Crippen molar-refractivity contribution in [1.82, 2.24) is 9.88 Å². The highest BCUT2D eigenvalue weighted by Gasteiger charge is 2.35. The normalized spacial score (nSPS) is 16.1. The number of hydrogen-bond donors (Lipinski definition) is 0. The van der Waals surface area contributed by atoms with Gasteiger partial charge in [-0.1, -0.05) is 12.1 Å². The summed E-state index contributed by atoms with van der Waals surface area (Å²) in [5.74, 6) is 0.987. The Hall–Kier alpha value is -3.97. The maximum Gasteiger partial charge on any atom is 0.337 e. The number of methoxy groups -OCH3 is 1. The number of esters is 1. The van der Waals surface area contributed by atoms with Crippen molar-refractivity contribution in [2.45, 2.75) is 20.0 Å². The first kappa shape index (κ1) is 20.9. The molecule has 0 aliphatic carbocycles. The monoisotopic (exact) mass is 442 g/mol. The van der Waals surface area contributed by atoms with Gasteiger partial charge in [-0.15, -0.1) is 0 Å². The summed E-state index contributed by atoms with van der Waals surface area (Å²) >= 11 is 0. The minimum Gasteiger partial charge on any atom is -0.478 e. The molecule has 1 aromatic heterocycles. The van der Waals surface area contributed by atoms with Crippen LogP contribution < -0.4 is 9.47 Å². The van der Waals surface area contributed by atoms with E-state index >= 15 is 0 Å². The van der Waals surface area contributed by atoms with Crippen LogP contribution in [-0.2, 0) is 17.8 Å². The molecule has 3 aromatic rings. The van der Waals surface area contributed by atoms with Crippen molar-refractivity contribution >= 4 is 17.8 Å². The van der Waals surface area contributed by atoms with E-state index in [9.17, 15) is 9.59 Å². The van der Waals surface area contributed by atoms with Crippen molar-refractivity contribution in [2.75, 3.05) is 13.8 Å². The van der Waals surface area contributed by atoms with Crippen LogP contribution in [0.2, 0.25) is 0 Å². The van der Waals surface area contributed by atoms with Gasteiger partial charge in [0, 0.05) is 25.5 Å². The highest BCUT2D eigenvalue weighted by Crippen LogP contribution is 2.44. The fourth-order valence-electron chi connectivity index (χ4n) is 4.11. The number of fused-ring (bicyclic) bond motifs is 3. The van der Waals surface area contributed by atoms with Crippen LogP contribution in [-0.4, -0.2) is 35.5 Å². The Kier molecular flexibility index (Phi) is 5.40. The van der Waals surface area contributed by atoms with Crippen molar-refractivity contribution in [3.8, 4) is 11.5 Å². The molecule has 0 radical (unpaired) electrons. The number of aromatic nitrogens is 1. The maximum atomic E-state index is 13.2. The lowest BCUT2D eigenvalue weighted by molar-refractivity contribution is 0.0600. The van der Waals surface area contributed by atoms with Gasteiger partial charge in [0.2, 0.25) is 5.78 Å². The van der Waals surface area contributed by atoms with E-state index < -0.39 is 5.97 Å². The number of nitrogens with zero attached hydrogens (tertiary/aromatic N) is 2. The smallest absolute Gasteiger partial charge is 0.337 e. The molecule has 0 amide bonds. The van der Waals surface area contributed by atoms with Crippen LogP contribution in [0.4, 0.5) is 0 Å². The van der Waals surface area contributed by atoms with Gasteiger partial charge in [-0.25, -0.2) is 4.79 Å². The molecule has 3 heterocycles. The molecule has 7 heteroatoms. The molecule has 0 saturated heterocycles. The number of ether oxygens (including phenoxy) is 3. The maximum absolute atomic E-state index is 13.2. The first-order chi connectivity index (χ1) is 16.0. The lowest BCUT2D eigenvalue weighted by Gasteiger charge is -2.30. The van der Waals surface area contributed by atoms with E-state index in [1.54, 1.807) is 42.7 Å². The minimum absolute atomic E-state index is 0.159. The molecule has 7 nitrogen and oxygen atoms in total. The largest absolute Gasteiger partial charge is 0.478 e. The second kappa shape index (κ2) is 8.52. The van der Waals surface area contributed by atoms with Crippen LogP contribution in [0, 0.1) is 6.92 Å². The van der Waals surface area contributed by atoms with E-state index in [1.807, 2.05) is 25.1 Å². The van der Waals surface area contributed by atoms with Gasteiger partial charge in [0.25, 0.3) is 0 Å². The van der Waals surface area contributed by atoms with Gasteiger partial charge in [-0.05, 0) is 60.0 Å². The zero-order valence-electron chi connectivity index (χ0n) is 18.3. The molecule has 33 heavy (non-hydrogen) atoms. The number of hydrogen-bond acceptors (Lipinski definition) is 7. The summed E-state index contributed by atoms with van der Waals surface area (Å²) in [4.78, 5) is 31.0. The number of Topliss-reactive ketones (excluding diaryl/α,β-unsaturated/α-hetero) is 1. The Bertz CT molecular complexity index is 1270. The molecule has 0 N–H and O–H groups in total. The molecule has 0 bridgehead atoms. The first-order valence-electron chi connectivity index (χ1n) is 10.6. The Morgan fingerprint density at radius 2 is 1.94 bits per heavy atom. The highest BCUT2D eigenvalue weighted by atomic mass is 16.5. The summed E-state index contributed by atoms with van der Waals surface area (Å²) in [6.45, 7) is 3.65. The van der Waals surface area contributed by atoms with Gasteiger partial charge in [-0.3, -0.25) is 14.7 Å². The number of ketones is 1. The van der Waals surface area contributed by atoms with Crippen molar-refractivity contribution in [3.05, 3.63) is 94.0 Å². The summed E-state index contributed by atoms with van der Waals surface area (Å²) in [6, 6.07) is 12.7. The van der Waals surface area contributed by atoms with E-state index in [-0.39, 0.29) is 11.5 Å². The quantitative estimate of drug-likeness (QED) is 0.444. The number of benzene rings is 2. The van der Waals surface area contributed by atoms with E-state index in [0.717, 1.165) is 28.0 Å². The standard InChI is InChI=1S/C26H22N2O5/c1-16-11-21-20(14-28(15-32-21)13-18-7-9-27-10-8-18)25-23(16)24(29)22(33-25)12-17-3-5-19(6-4-17)26(30)31-2/h3-12H,13-15H2,1-2H3/b22-12-. The summed E-state index contributed by atoms with van der Waals surface area (Å²) < 4.78 is 16.8. The second-order valence-corrected chi connectivity index (χ2v) is 8.04. The van der Waals surface area contributed by atoms with Crippen LogP contribution in [0.25, 0.3) is 6.08 Å². The Labute approximate surface area is 191 Å². The molecule has 2 aliphatic heterocycles. The number of pyridine rings is 1. The fraction of sp³-hybridized carbons (Fsp3) is 0.192. The van der Waals surface area contributed by atoms with Crippen LogP contribution >= 0.6 is 0 Å². The topological polar surface area (TPSA) is 78.0 Å². The van der Waals surface area contributed by atoms with Crippen molar-refractivity contribution in [1.29, 1.82) is 0 Å². The summed E-state index contributed by atoms with van der Waals surface area (Å²) in [7, 11) is 1.34. The fourth-order valence-corrected chi connectivity index (χ4v) is 4.11. The predicted molar refractivity (Wildman–Crippen MR) is 121 cm³/mol. The second-order valence-electron chi connectivity index (χ2n) is 8.04. The van der Waals surface area contributed by atoms with Crippen molar-refractivity contribution in [2.24, 2.45) is 0 Å². The van der Waals surface area contributed by atoms with E-state index in [0.29, 0.717) is 36.7 Å². The van der Waals surface area contributed by atoms with Crippen LogP contribution in [0.5, 0.6) is 11.5 Å². The molecule has 2 aromatic carbocycles. The van der Waals surface area contributed by atoms with E-state index in [2.05, 4.69) is 9.88 Å². The van der Waals surface area contributed by atoms with Crippen molar-refractivity contribution < 1.29 is 23.8 Å². The molecule has 0 atom stereocenters. The van der Waals surface area contributed by atoms with Crippen LogP contribution in [0.1, 0.15) is 43.0 Å². The van der Waals surface area contributed by atoms with E-state index in [4.69, 9.17) is 14.2 Å². The third-order valence-corrected chi connectivity index (χ3v) is 5.77. The average molecular weight is 442 g/mol. The van der Waals surface area contributed by atoms with Gasteiger partial charge in [-0.2, -0.15) is 0 Å². The van der Waals surface area contributed by atoms with Gasteiger partial charge in [0.15, 0.2) is 5.76 Å². The van der Waals surface area contributed by atoms with Crippen molar-refractivity contribution in [3.63, 3.8) is 0 Å². The zero-order valence-corrected chi connectivity index (χ0v) is 18.3. The lowest BCUT2D eigenvalue weighted by Crippen LogP contribution is -2.31. The van der Waals surface area contributed by atoms with Crippen LogP contribution in [0.3, 0.4) is 0 Å². The molecule has 2 aliphatic rings. The highest BCUT2D eigenvalue weighted by molar-refractivity contribution is 6.16. The average Bonchev–Trinajstić information content (AvgIpc) is 3.17. The minimum atomic E-state index is -0.409. The molecule has 0 fully saturated rings. The Morgan fingerprint density at radius 1 is 1.18 bits per heavy atom. The van der Waals surface area contributed by atoms with Gasteiger partial charge >= 0.3 is 5.97 Å². The van der Waals surface area contributed by atoms with E-state index in [1.165, 1.54) is 7.11 Å². The number of allylic oxidation sites excluding steroid dienone is 1. The lowest BCUT2D eigenvalue weighted by atomic mass is 9.98. The summed E-state index contributed by atoms with van der Waals surface area (Å²) in [5, 5.41) is 0. The Morgan fingerprint density at radius 3 is 2.67 bits per heavy atom. The molecule has 5 rings (SSSR count). The number of carbonyl (C=O) groups excluding carboxylic acids is 2. The molecule has 166 valence electrons. The Balaban J connectivity index is 1.43. The number of rotatable bonds is 4. The number of carbonyl (C=O) groups is 2.